The lowest BCUT2D eigenvalue weighted by molar-refractivity contribution is -0.127. The molecule has 18 heavy (non-hydrogen) atoms. The van der Waals surface area contributed by atoms with Crippen LogP contribution in [0.3, 0.4) is 0 Å². The number of hydrogen-bond acceptors (Lipinski definition) is 3. The van der Waals surface area contributed by atoms with E-state index >= 15 is 0 Å². The van der Waals surface area contributed by atoms with Crippen molar-refractivity contribution in [2.24, 2.45) is 17.6 Å². The van der Waals surface area contributed by atoms with Crippen LogP contribution in [0.1, 0.15) is 45.4 Å². The number of rotatable bonds is 4. The van der Waals surface area contributed by atoms with Gasteiger partial charge in [-0.1, -0.05) is 6.42 Å². The van der Waals surface area contributed by atoms with Gasteiger partial charge >= 0.3 is 0 Å². The molecule has 3 N–H and O–H groups in total. The van der Waals surface area contributed by atoms with Crippen molar-refractivity contribution in [3.63, 3.8) is 0 Å². The van der Waals surface area contributed by atoms with E-state index in [4.69, 9.17) is 10.5 Å². The van der Waals surface area contributed by atoms with Crippen LogP contribution in [0.15, 0.2) is 0 Å². The van der Waals surface area contributed by atoms with E-state index in [9.17, 15) is 4.79 Å². The van der Waals surface area contributed by atoms with Gasteiger partial charge in [-0.25, -0.2) is 0 Å². The Morgan fingerprint density at radius 1 is 1.39 bits per heavy atom. The average Bonchev–Trinajstić information content (AvgIpc) is 2.92. The first-order chi connectivity index (χ1) is 8.70. The van der Waals surface area contributed by atoms with E-state index in [-0.39, 0.29) is 24.0 Å². The Balaban J connectivity index is 1.79. The van der Waals surface area contributed by atoms with E-state index in [1.807, 2.05) is 0 Å². The lowest BCUT2D eigenvalue weighted by atomic mass is 9.81. The molecule has 1 saturated carbocycles. The molecule has 2 rings (SSSR count). The zero-order valence-corrected chi connectivity index (χ0v) is 11.4. The molecule has 2 aliphatic rings. The highest BCUT2D eigenvalue weighted by atomic mass is 16.5. The van der Waals surface area contributed by atoms with Gasteiger partial charge in [0.1, 0.15) is 0 Å². The van der Waals surface area contributed by atoms with Crippen LogP contribution in [0.2, 0.25) is 0 Å². The monoisotopic (exact) mass is 254 g/mol. The zero-order valence-electron chi connectivity index (χ0n) is 11.4. The topological polar surface area (TPSA) is 64.4 Å². The summed E-state index contributed by atoms with van der Waals surface area (Å²) >= 11 is 0. The molecule has 4 unspecified atom stereocenters. The Kier molecular flexibility index (Phi) is 5.01. The van der Waals surface area contributed by atoms with Crippen LogP contribution in [0, 0.1) is 11.8 Å². The first kappa shape index (κ1) is 13.8. The van der Waals surface area contributed by atoms with Gasteiger partial charge in [0.25, 0.3) is 0 Å². The summed E-state index contributed by atoms with van der Waals surface area (Å²) < 4.78 is 5.61. The van der Waals surface area contributed by atoms with E-state index in [2.05, 4.69) is 12.2 Å². The van der Waals surface area contributed by atoms with Gasteiger partial charge in [0.05, 0.1) is 12.1 Å². The maximum atomic E-state index is 12.2. The van der Waals surface area contributed by atoms with E-state index in [1.165, 1.54) is 6.42 Å². The van der Waals surface area contributed by atoms with Crippen molar-refractivity contribution in [3.05, 3.63) is 0 Å². The van der Waals surface area contributed by atoms with Gasteiger partial charge in [-0.15, -0.1) is 0 Å². The predicted molar refractivity (Wildman–Crippen MR) is 71.1 cm³/mol. The molecule has 0 radical (unpaired) electrons. The van der Waals surface area contributed by atoms with Gasteiger partial charge in [-0.05, 0) is 51.5 Å². The molecule has 4 heteroatoms. The van der Waals surface area contributed by atoms with Crippen molar-refractivity contribution in [2.75, 3.05) is 13.2 Å². The van der Waals surface area contributed by atoms with Crippen LogP contribution >= 0.6 is 0 Å². The number of carbonyl (C=O) groups excluding carboxylic acids is 1. The summed E-state index contributed by atoms with van der Waals surface area (Å²) in [5.41, 5.74) is 5.71. The Hall–Kier alpha value is -0.610. The van der Waals surface area contributed by atoms with Crippen molar-refractivity contribution in [1.82, 2.24) is 5.32 Å². The summed E-state index contributed by atoms with van der Waals surface area (Å²) in [7, 11) is 0. The third-order valence-corrected chi connectivity index (χ3v) is 4.38. The smallest absolute Gasteiger partial charge is 0.223 e. The molecule has 0 spiro atoms. The third kappa shape index (κ3) is 3.45. The summed E-state index contributed by atoms with van der Waals surface area (Å²) in [5.74, 6) is 0.903. The fourth-order valence-electron chi connectivity index (χ4n) is 3.18. The molecule has 0 aromatic carbocycles. The molecule has 4 nitrogen and oxygen atoms in total. The van der Waals surface area contributed by atoms with Crippen LogP contribution in [-0.4, -0.2) is 31.2 Å². The number of nitrogens with two attached hydrogens (primary N) is 1. The first-order valence-electron chi connectivity index (χ1n) is 7.32. The molecule has 1 saturated heterocycles. The largest absolute Gasteiger partial charge is 0.376 e. The maximum absolute atomic E-state index is 12.2. The van der Waals surface area contributed by atoms with Crippen molar-refractivity contribution >= 4 is 5.91 Å². The van der Waals surface area contributed by atoms with Crippen LogP contribution < -0.4 is 11.1 Å². The second-order valence-corrected chi connectivity index (χ2v) is 5.81. The van der Waals surface area contributed by atoms with Gasteiger partial charge in [0, 0.05) is 12.5 Å². The third-order valence-electron chi connectivity index (χ3n) is 4.38. The van der Waals surface area contributed by atoms with E-state index in [0.717, 1.165) is 38.7 Å². The number of nitrogens with one attached hydrogen (secondary N) is 1. The minimum Gasteiger partial charge on any atom is -0.376 e. The zero-order chi connectivity index (χ0) is 13.0. The van der Waals surface area contributed by atoms with Crippen molar-refractivity contribution in [3.8, 4) is 0 Å². The fourth-order valence-corrected chi connectivity index (χ4v) is 3.18. The SMILES string of the molecule is CC(NC(=O)C1CCCC(CN)C1)C1CCCO1. The molecule has 1 amide bonds. The van der Waals surface area contributed by atoms with Crippen molar-refractivity contribution in [1.29, 1.82) is 0 Å². The lowest BCUT2D eigenvalue weighted by Crippen LogP contribution is -2.44. The Morgan fingerprint density at radius 3 is 2.89 bits per heavy atom. The molecule has 104 valence electrons. The predicted octanol–water partition coefficient (Wildman–Crippen LogP) is 1.44. The standard InChI is InChI=1S/C14H26N2O2/c1-10(13-6-3-7-18-13)16-14(17)12-5-2-4-11(8-12)9-15/h10-13H,2-9,15H2,1H3,(H,16,17). The molecule has 1 aliphatic carbocycles. The molecule has 0 aromatic rings. The normalized spacial score (nSPS) is 34.2. The molecule has 1 aliphatic heterocycles. The molecular formula is C14H26N2O2. The summed E-state index contributed by atoms with van der Waals surface area (Å²) in [6, 6.07) is 0.137. The molecule has 4 atom stereocenters. The summed E-state index contributed by atoms with van der Waals surface area (Å²) in [5, 5.41) is 3.13. The Bertz CT molecular complexity index is 277. The quantitative estimate of drug-likeness (QED) is 0.798. The Morgan fingerprint density at radius 2 is 2.22 bits per heavy atom. The molecule has 0 aromatic heterocycles. The number of hydrogen-bond donors (Lipinski definition) is 2. The van der Waals surface area contributed by atoms with Crippen LogP contribution in [-0.2, 0) is 9.53 Å². The molecule has 1 heterocycles. The van der Waals surface area contributed by atoms with Gasteiger partial charge in [0.2, 0.25) is 5.91 Å². The lowest BCUT2D eigenvalue weighted by Gasteiger charge is -2.29. The second kappa shape index (κ2) is 6.53. The average molecular weight is 254 g/mol. The molecule has 0 bridgehead atoms. The van der Waals surface area contributed by atoms with Crippen molar-refractivity contribution in [2.45, 2.75) is 57.6 Å². The summed E-state index contributed by atoms with van der Waals surface area (Å²) in [6.07, 6.45) is 6.68. The van der Waals surface area contributed by atoms with Gasteiger partial charge < -0.3 is 15.8 Å². The second-order valence-electron chi connectivity index (χ2n) is 5.81. The van der Waals surface area contributed by atoms with Gasteiger partial charge in [0.15, 0.2) is 0 Å². The van der Waals surface area contributed by atoms with Crippen molar-refractivity contribution < 1.29 is 9.53 Å². The minimum absolute atomic E-state index is 0.137. The first-order valence-corrected chi connectivity index (χ1v) is 7.32. The van der Waals surface area contributed by atoms with Crippen LogP contribution in [0.5, 0.6) is 0 Å². The van der Waals surface area contributed by atoms with Gasteiger partial charge in [-0.2, -0.15) is 0 Å². The minimum atomic E-state index is 0.137. The highest BCUT2D eigenvalue weighted by Gasteiger charge is 2.29. The number of ether oxygens (including phenoxy) is 1. The molecular weight excluding hydrogens is 228 g/mol. The Labute approximate surface area is 110 Å². The van der Waals surface area contributed by atoms with Crippen LogP contribution in [0.4, 0.5) is 0 Å². The summed E-state index contributed by atoms with van der Waals surface area (Å²) in [4.78, 5) is 12.2. The molecule has 2 fully saturated rings. The van der Waals surface area contributed by atoms with Crippen LogP contribution in [0.25, 0.3) is 0 Å². The van der Waals surface area contributed by atoms with E-state index in [0.29, 0.717) is 12.5 Å². The van der Waals surface area contributed by atoms with E-state index < -0.39 is 0 Å². The number of amides is 1. The van der Waals surface area contributed by atoms with E-state index in [1.54, 1.807) is 0 Å². The highest BCUT2D eigenvalue weighted by Crippen LogP contribution is 2.28. The van der Waals surface area contributed by atoms with Gasteiger partial charge in [-0.3, -0.25) is 4.79 Å². The number of carbonyl (C=O) groups is 1. The fraction of sp³-hybridized carbons (Fsp3) is 0.929. The highest BCUT2D eigenvalue weighted by molar-refractivity contribution is 5.79. The maximum Gasteiger partial charge on any atom is 0.223 e. The summed E-state index contributed by atoms with van der Waals surface area (Å²) in [6.45, 7) is 3.60.